The Morgan fingerprint density at radius 2 is 1.38 bits per heavy atom. The van der Waals surface area contributed by atoms with Crippen LogP contribution in [0.3, 0.4) is 0 Å². The summed E-state index contributed by atoms with van der Waals surface area (Å²) in [7, 11) is 0. The fraction of sp³-hybridized carbons (Fsp3) is 0.0417. The van der Waals surface area contributed by atoms with Gasteiger partial charge in [-0.25, -0.2) is 0 Å². The highest BCUT2D eigenvalue weighted by atomic mass is 16.3. The smallest absolute Gasteiger partial charge is 0.142 e. The maximum atomic E-state index is 9.04. The highest BCUT2D eigenvalue weighted by Gasteiger charge is 2.16. The van der Waals surface area contributed by atoms with Crippen LogP contribution in [0.25, 0.3) is 33.8 Å². The lowest BCUT2D eigenvalue weighted by Gasteiger charge is -2.04. The van der Waals surface area contributed by atoms with Crippen molar-refractivity contribution in [3.63, 3.8) is 0 Å². The molecular formula is C24H17NO. The van der Waals surface area contributed by atoms with Crippen LogP contribution < -0.4 is 0 Å². The van der Waals surface area contributed by atoms with Crippen LogP contribution in [0.1, 0.15) is 11.1 Å². The molecule has 0 amide bonds. The van der Waals surface area contributed by atoms with Gasteiger partial charge in [-0.1, -0.05) is 72.3 Å². The molecule has 0 aliphatic carbocycles. The fourth-order valence-electron chi connectivity index (χ4n) is 2.99. The molecule has 1 heterocycles. The maximum absolute atomic E-state index is 9.04. The van der Waals surface area contributed by atoms with Crippen molar-refractivity contribution in [1.82, 2.24) is 0 Å². The Morgan fingerprint density at radius 3 is 2.04 bits per heavy atom. The van der Waals surface area contributed by atoms with E-state index in [1.807, 2.05) is 54.6 Å². The van der Waals surface area contributed by atoms with E-state index in [9.17, 15) is 0 Å². The van der Waals surface area contributed by atoms with E-state index in [0.29, 0.717) is 5.56 Å². The second kappa shape index (κ2) is 6.74. The van der Waals surface area contributed by atoms with Gasteiger partial charge in [0.25, 0.3) is 0 Å². The Hall–Kier alpha value is -3.57. The standard InChI is InChI=1S/C24H17NO/c1-17-7-11-21(12-8-17)24-22(19-13-9-18(16-25)10-14-19)15-23(26-24)20-5-3-2-4-6-20/h2-15H,1H3. The van der Waals surface area contributed by atoms with Crippen molar-refractivity contribution in [2.75, 3.05) is 0 Å². The summed E-state index contributed by atoms with van der Waals surface area (Å²) in [6.45, 7) is 2.07. The molecule has 0 saturated carbocycles. The quantitative estimate of drug-likeness (QED) is 0.431. The summed E-state index contributed by atoms with van der Waals surface area (Å²) in [6, 6.07) is 30.3. The van der Waals surface area contributed by atoms with Crippen LogP contribution in [0.5, 0.6) is 0 Å². The van der Waals surface area contributed by atoms with E-state index < -0.39 is 0 Å². The number of hydrogen-bond acceptors (Lipinski definition) is 2. The molecule has 4 rings (SSSR count). The maximum Gasteiger partial charge on any atom is 0.142 e. The molecule has 0 unspecified atom stereocenters. The average molecular weight is 335 g/mol. The zero-order valence-corrected chi connectivity index (χ0v) is 14.4. The summed E-state index contributed by atoms with van der Waals surface area (Å²) in [6.07, 6.45) is 0. The number of nitrogens with zero attached hydrogens (tertiary/aromatic N) is 1. The van der Waals surface area contributed by atoms with Gasteiger partial charge in [0.05, 0.1) is 11.6 Å². The number of rotatable bonds is 3. The van der Waals surface area contributed by atoms with Crippen molar-refractivity contribution in [2.24, 2.45) is 0 Å². The highest BCUT2D eigenvalue weighted by Crippen LogP contribution is 2.38. The molecule has 0 spiro atoms. The van der Waals surface area contributed by atoms with Crippen molar-refractivity contribution in [3.8, 4) is 39.8 Å². The zero-order chi connectivity index (χ0) is 17.9. The second-order valence-electron chi connectivity index (χ2n) is 6.27. The minimum Gasteiger partial charge on any atom is -0.455 e. The molecule has 0 bridgehead atoms. The predicted molar refractivity (Wildman–Crippen MR) is 104 cm³/mol. The normalized spacial score (nSPS) is 10.5. The molecule has 0 aliphatic heterocycles. The molecule has 0 aliphatic rings. The molecular weight excluding hydrogens is 318 g/mol. The lowest BCUT2D eigenvalue weighted by atomic mass is 10.00. The Labute approximate surface area is 153 Å². The van der Waals surface area contributed by atoms with Crippen molar-refractivity contribution < 1.29 is 4.42 Å². The third-order valence-corrected chi connectivity index (χ3v) is 4.43. The fourth-order valence-corrected chi connectivity index (χ4v) is 2.99. The van der Waals surface area contributed by atoms with Gasteiger partial charge in [-0.2, -0.15) is 5.26 Å². The molecule has 0 radical (unpaired) electrons. The van der Waals surface area contributed by atoms with Crippen molar-refractivity contribution in [1.29, 1.82) is 5.26 Å². The van der Waals surface area contributed by atoms with E-state index in [4.69, 9.17) is 9.68 Å². The monoisotopic (exact) mass is 335 g/mol. The number of nitriles is 1. The molecule has 0 fully saturated rings. The Bertz CT molecular complexity index is 1070. The molecule has 0 saturated heterocycles. The van der Waals surface area contributed by atoms with Crippen LogP contribution in [0, 0.1) is 18.3 Å². The largest absolute Gasteiger partial charge is 0.455 e. The van der Waals surface area contributed by atoms with Crippen molar-refractivity contribution in [2.45, 2.75) is 6.92 Å². The molecule has 0 N–H and O–H groups in total. The molecule has 3 aromatic carbocycles. The van der Waals surface area contributed by atoms with Gasteiger partial charge >= 0.3 is 0 Å². The van der Waals surface area contributed by atoms with Gasteiger partial charge in [0, 0.05) is 16.7 Å². The van der Waals surface area contributed by atoms with Gasteiger partial charge in [-0.15, -0.1) is 0 Å². The first-order valence-electron chi connectivity index (χ1n) is 8.51. The summed E-state index contributed by atoms with van der Waals surface area (Å²) in [5.74, 6) is 1.68. The summed E-state index contributed by atoms with van der Waals surface area (Å²) in [4.78, 5) is 0. The zero-order valence-electron chi connectivity index (χ0n) is 14.4. The van der Waals surface area contributed by atoms with Gasteiger partial charge in [0.2, 0.25) is 0 Å². The Kier molecular flexibility index (Phi) is 4.13. The molecule has 4 aromatic rings. The van der Waals surface area contributed by atoms with Gasteiger partial charge in [-0.3, -0.25) is 0 Å². The molecule has 0 atom stereocenters. The van der Waals surface area contributed by atoms with Crippen molar-refractivity contribution >= 4 is 0 Å². The minimum atomic E-state index is 0.650. The summed E-state index contributed by atoms with van der Waals surface area (Å²) in [5.41, 5.74) is 6.00. The molecule has 2 heteroatoms. The topological polar surface area (TPSA) is 36.9 Å². The number of aryl methyl sites for hydroxylation is 1. The van der Waals surface area contributed by atoms with E-state index >= 15 is 0 Å². The first-order chi connectivity index (χ1) is 12.7. The molecule has 2 nitrogen and oxygen atoms in total. The SMILES string of the molecule is Cc1ccc(-c2oc(-c3ccccc3)cc2-c2ccc(C#N)cc2)cc1. The number of hydrogen-bond donors (Lipinski definition) is 0. The predicted octanol–water partition coefficient (Wildman–Crippen LogP) is 6.46. The Morgan fingerprint density at radius 1 is 0.731 bits per heavy atom. The number of furan rings is 1. The van der Waals surface area contributed by atoms with Gasteiger partial charge in [-0.05, 0) is 30.7 Å². The summed E-state index contributed by atoms with van der Waals surface area (Å²) in [5, 5.41) is 9.04. The first kappa shape index (κ1) is 15.9. The third kappa shape index (κ3) is 3.03. The average Bonchev–Trinajstić information content (AvgIpc) is 3.15. The number of benzene rings is 3. The lowest BCUT2D eigenvalue weighted by Crippen LogP contribution is -1.81. The van der Waals surface area contributed by atoms with Gasteiger partial charge < -0.3 is 4.42 Å². The lowest BCUT2D eigenvalue weighted by molar-refractivity contribution is 0.598. The highest BCUT2D eigenvalue weighted by molar-refractivity contribution is 5.83. The van der Waals surface area contributed by atoms with Gasteiger partial charge in [0.15, 0.2) is 0 Å². The summed E-state index contributed by atoms with van der Waals surface area (Å²) < 4.78 is 6.27. The van der Waals surface area contributed by atoms with Crippen molar-refractivity contribution in [3.05, 3.63) is 96.1 Å². The van der Waals surface area contributed by atoms with Crippen LogP contribution in [-0.2, 0) is 0 Å². The minimum absolute atomic E-state index is 0.650. The van der Waals surface area contributed by atoms with E-state index in [1.54, 1.807) is 0 Å². The third-order valence-electron chi connectivity index (χ3n) is 4.43. The summed E-state index contributed by atoms with van der Waals surface area (Å²) >= 11 is 0. The van der Waals surface area contributed by atoms with E-state index in [-0.39, 0.29) is 0 Å². The van der Waals surface area contributed by atoms with E-state index in [0.717, 1.165) is 33.8 Å². The van der Waals surface area contributed by atoms with Crippen LogP contribution in [0.15, 0.2) is 89.3 Å². The Balaban J connectivity index is 1.88. The molecule has 1 aromatic heterocycles. The van der Waals surface area contributed by atoms with E-state index in [2.05, 4.69) is 43.3 Å². The van der Waals surface area contributed by atoms with Crippen LogP contribution in [-0.4, -0.2) is 0 Å². The first-order valence-corrected chi connectivity index (χ1v) is 8.51. The van der Waals surface area contributed by atoms with E-state index in [1.165, 1.54) is 5.56 Å². The molecule has 124 valence electrons. The second-order valence-corrected chi connectivity index (χ2v) is 6.27. The van der Waals surface area contributed by atoms with Crippen LogP contribution >= 0.6 is 0 Å². The van der Waals surface area contributed by atoms with Gasteiger partial charge in [0.1, 0.15) is 11.5 Å². The molecule has 26 heavy (non-hydrogen) atoms. The van der Waals surface area contributed by atoms with Crippen LogP contribution in [0.4, 0.5) is 0 Å². The van der Waals surface area contributed by atoms with Crippen LogP contribution in [0.2, 0.25) is 0 Å².